The average molecular weight is 266 g/mol. The van der Waals surface area contributed by atoms with E-state index in [-0.39, 0.29) is 0 Å². The lowest BCUT2D eigenvalue weighted by atomic mass is 10.2. The van der Waals surface area contributed by atoms with Gasteiger partial charge in [0.15, 0.2) is 5.82 Å². The van der Waals surface area contributed by atoms with Crippen LogP contribution in [-0.4, -0.2) is 15.0 Å². The van der Waals surface area contributed by atoms with Gasteiger partial charge in [0.1, 0.15) is 10.8 Å². The Morgan fingerprint density at radius 2 is 1.94 bits per heavy atom. The summed E-state index contributed by atoms with van der Waals surface area (Å²) in [5, 5.41) is 1.15. The van der Waals surface area contributed by atoms with Gasteiger partial charge in [0.05, 0.1) is 5.02 Å². The summed E-state index contributed by atoms with van der Waals surface area (Å²) < 4.78 is 0. The Morgan fingerprint density at radius 1 is 1.06 bits per heavy atom. The first-order valence-corrected chi connectivity index (χ1v) is 6.17. The van der Waals surface area contributed by atoms with E-state index in [1.807, 2.05) is 0 Å². The molecular formula is C12H9Cl2N3. The van der Waals surface area contributed by atoms with Gasteiger partial charge in [0.2, 0.25) is 0 Å². The van der Waals surface area contributed by atoms with Gasteiger partial charge in [-0.25, -0.2) is 9.97 Å². The number of aromatic nitrogens is 3. The van der Waals surface area contributed by atoms with Crippen LogP contribution in [0.5, 0.6) is 0 Å². The van der Waals surface area contributed by atoms with Gasteiger partial charge in [-0.2, -0.15) is 0 Å². The number of hydrogen-bond acceptors (Lipinski definition) is 3. The maximum absolute atomic E-state index is 6.15. The molecule has 0 saturated heterocycles. The van der Waals surface area contributed by atoms with Crippen molar-refractivity contribution < 1.29 is 0 Å². The van der Waals surface area contributed by atoms with Crippen LogP contribution in [0, 0.1) is 0 Å². The Morgan fingerprint density at radius 3 is 2.71 bits per heavy atom. The molecule has 0 saturated carbocycles. The SMILES string of the molecule is Clc1ccc(-c2nc(Cl)c3c(n2)CCC3)nc1. The highest BCUT2D eigenvalue weighted by Crippen LogP contribution is 2.28. The predicted molar refractivity (Wildman–Crippen MR) is 67.3 cm³/mol. The standard InChI is InChI=1S/C12H9Cl2N3/c13-7-4-5-10(15-6-7)12-16-9-3-1-2-8(9)11(14)17-12/h4-6H,1-3H2. The molecule has 0 atom stereocenters. The average Bonchev–Trinajstić information content (AvgIpc) is 2.78. The van der Waals surface area contributed by atoms with Crippen molar-refractivity contribution in [3.63, 3.8) is 0 Å². The number of hydrogen-bond donors (Lipinski definition) is 0. The van der Waals surface area contributed by atoms with E-state index in [9.17, 15) is 0 Å². The molecule has 0 fully saturated rings. The summed E-state index contributed by atoms with van der Waals surface area (Å²) in [6, 6.07) is 3.57. The minimum absolute atomic E-state index is 0.555. The van der Waals surface area contributed by atoms with Crippen molar-refractivity contribution in [3.8, 4) is 11.5 Å². The zero-order chi connectivity index (χ0) is 11.8. The molecule has 2 aromatic heterocycles. The van der Waals surface area contributed by atoms with Crippen molar-refractivity contribution in [2.45, 2.75) is 19.3 Å². The van der Waals surface area contributed by atoms with Crippen molar-refractivity contribution in [2.75, 3.05) is 0 Å². The number of nitrogens with zero attached hydrogens (tertiary/aromatic N) is 3. The molecule has 3 nitrogen and oxygen atoms in total. The minimum atomic E-state index is 0.555. The maximum Gasteiger partial charge on any atom is 0.179 e. The minimum Gasteiger partial charge on any atom is -0.251 e. The van der Waals surface area contributed by atoms with E-state index in [1.165, 1.54) is 0 Å². The molecule has 3 rings (SSSR count). The number of fused-ring (bicyclic) bond motifs is 1. The third-order valence-corrected chi connectivity index (χ3v) is 3.38. The van der Waals surface area contributed by atoms with E-state index in [2.05, 4.69) is 15.0 Å². The quantitative estimate of drug-likeness (QED) is 0.743. The van der Waals surface area contributed by atoms with Crippen LogP contribution in [0.1, 0.15) is 17.7 Å². The smallest absolute Gasteiger partial charge is 0.179 e. The fourth-order valence-corrected chi connectivity index (χ4v) is 2.40. The van der Waals surface area contributed by atoms with Gasteiger partial charge >= 0.3 is 0 Å². The van der Waals surface area contributed by atoms with Crippen molar-refractivity contribution in [1.29, 1.82) is 0 Å². The molecule has 2 aromatic rings. The van der Waals surface area contributed by atoms with Gasteiger partial charge in [-0.3, -0.25) is 4.98 Å². The van der Waals surface area contributed by atoms with Crippen LogP contribution in [0.25, 0.3) is 11.5 Å². The van der Waals surface area contributed by atoms with Gasteiger partial charge in [-0.15, -0.1) is 0 Å². The highest BCUT2D eigenvalue weighted by Gasteiger charge is 2.18. The van der Waals surface area contributed by atoms with Crippen molar-refractivity contribution in [2.24, 2.45) is 0 Å². The van der Waals surface area contributed by atoms with Gasteiger partial charge in [0, 0.05) is 17.5 Å². The van der Waals surface area contributed by atoms with E-state index >= 15 is 0 Å². The first-order valence-electron chi connectivity index (χ1n) is 5.41. The largest absolute Gasteiger partial charge is 0.251 e. The summed E-state index contributed by atoms with van der Waals surface area (Å²) in [7, 11) is 0. The molecule has 17 heavy (non-hydrogen) atoms. The molecule has 2 heterocycles. The predicted octanol–water partition coefficient (Wildman–Crippen LogP) is 3.33. The Balaban J connectivity index is 2.10. The normalized spacial score (nSPS) is 13.8. The van der Waals surface area contributed by atoms with E-state index in [1.54, 1.807) is 18.3 Å². The van der Waals surface area contributed by atoms with Crippen LogP contribution < -0.4 is 0 Å². The van der Waals surface area contributed by atoms with E-state index < -0.39 is 0 Å². The Bertz CT molecular complexity index is 567. The summed E-state index contributed by atoms with van der Waals surface area (Å²) in [6.45, 7) is 0. The zero-order valence-electron chi connectivity index (χ0n) is 8.95. The molecule has 86 valence electrons. The van der Waals surface area contributed by atoms with Crippen LogP contribution in [0.4, 0.5) is 0 Å². The van der Waals surface area contributed by atoms with Gasteiger partial charge in [-0.05, 0) is 31.4 Å². The Kier molecular flexibility index (Phi) is 2.73. The molecule has 0 unspecified atom stereocenters. The lowest BCUT2D eigenvalue weighted by molar-refractivity contribution is 0.899. The highest BCUT2D eigenvalue weighted by molar-refractivity contribution is 6.30. The molecule has 0 spiro atoms. The van der Waals surface area contributed by atoms with Crippen LogP contribution in [0.3, 0.4) is 0 Å². The van der Waals surface area contributed by atoms with Gasteiger partial charge in [0.25, 0.3) is 0 Å². The van der Waals surface area contributed by atoms with Crippen molar-refractivity contribution >= 4 is 23.2 Å². The Labute approximate surface area is 109 Å². The summed E-state index contributed by atoms with van der Waals surface area (Å²) in [5.74, 6) is 0.576. The molecule has 0 aliphatic heterocycles. The number of pyridine rings is 1. The third-order valence-electron chi connectivity index (χ3n) is 2.84. The molecule has 1 aliphatic carbocycles. The second kappa shape index (κ2) is 4.24. The summed E-state index contributed by atoms with van der Waals surface area (Å²) in [5.41, 5.74) is 2.84. The molecular weight excluding hydrogens is 257 g/mol. The topological polar surface area (TPSA) is 38.7 Å². The highest BCUT2D eigenvalue weighted by atomic mass is 35.5. The van der Waals surface area contributed by atoms with Gasteiger partial charge < -0.3 is 0 Å². The lowest BCUT2D eigenvalue weighted by Gasteiger charge is -2.04. The molecule has 0 N–H and O–H groups in total. The van der Waals surface area contributed by atoms with Crippen LogP contribution in [0.15, 0.2) is 18.3 Å². The summed E-state index contributed by atoms with van der Waals surface area (Å²) in [4.78, 5) is 13.0. The molecule has 0 aromatic carbocycles. The van der Waals surface area contributed by atoms with Crippen LogP contribution in [0.2, 0.25) is 10.2 Å². The second-order valence-corrected chi connectivity index (χ2v) is 4.77. The van der Waals surface area contributed by atoms with E-state index in [0.717, 1.165) is 30.5 Å². The van der Waals surface area contributed by atoms with Crippen molar-refractivity contribution in [1.82, 2.24) is 15.0 Å². The molecule has 0 bridgehead atoms. The van der Waals surface area contributed by atoms with Gasteiger partial charge in [-0.1, -0.05) is 23.2 Å². The summed E-state index contributed by atoms with van der Waals surface area (Å²) in [6.07, 6.45) is 4.63. The zero-order valence-corrected chi connectivity index (χ0v) is 10.5. The van der Waals surface area contributed by atoms with Crippen LogP contribution in [-0.2, 0) is 12.8 Å². The molecule has 0 radical (unpaired) electrons. The first-order chi connectivity index (χ1) is 8.24. The summed E-state index contributed by atoms with van der Waals surface area (Å²) >= 11 is 11.9. The van der Waals surface area contributed by atoms with E-state index in [0.29, 0.717) is 21.7 Å². The Hall–Kier alpha value is -1.19. The van der Waals surface area contributed by atoms with Crippen molar-refractivity contribution in [3.05, 3.63) is 39.8 Å². The lowest BCUT2D eigenvalue weighted by Crippen LogP contribution is -1.98. The molecule has 5 heteroatoms. The second-order valence-electron chi connectivity index (χ2n) is 3.98. The molecule has 0 amide bonds. The monoisotopic (exact) mass is 265 g/mol. The maximum atomic E-state index is 6.15. The van der Waals surface area contributed by atoms with E-state index in [4.69, 9.17) is 23.2 Å². The fourth-order valence-electron chi connectivity index (χ4n) is 2.01. The molecule has 1 aliphatic rings. The number of rotatable bonds is 1. The number of aryl methyl sites for hydroxylation is 1. The number of halogens is 2. The third kappa shape index (κ3) is 2.01. The first kappa shape index (κ1) is 10.9. The fraction of sp³-hybridized carbons (Fsp3) is 0.250. The van der Waals surface area contributed by atoms with Crippen LogP contribution >= 0.6 is 23.2 Å².